The van der Waals surface area contributed by atoms with Crippen molar-refractivity contribution in [3.8, 4) is 11.6 Å². The standard InChI is InChI=1S/C18H21N3O2/c1-18(2)10-15(18)17(22)21-13-6-9-16(20-11-13)23-14-7-4-12(19-3)5-8-14/h4-9,11,15,19H,10H2,1-3H3,(H,21,22). The number of pyridine rings is 1. The van der Waals surface area contributed by atoms with Crippen LogP contribution in [0.4, 0.5) is 11.4 Å². The van der Waals surface area contributed by atoms with E-state index in [2.05, 4.69) is 29.5 Å². The van der Waals surface area contributed by atoms with Crippen LogP contribution in [0.3, 0.4) is 0 Å². The van der Waals surface area contributed by atoms with Crippen LogP contribution in [0.25, 0.3) is 0 Å². The lowest BCUT2D eigenvalue weighted by atomic mass is 10.1. The summed E-state index contributed by atoms with van der Waals surface area (Å²) in [7, 11) is 1.87. The van der Waals surface area contributed by atoms with Gasteiger partial charge in [0.15, 0.2) is 0 Å². The molecule has 2 aromatic rings. The fraction of sp³-hybridized carbons (Fsp3) is 0.333. The summed E-state index contributed by atoms with van der Waals surface area (Å²) in [5.41, 5.74) is 1.84. The molecule has 1 amide bonds. The molecule has 1 heterocycles. The zero-order valence-corrected chi connectivity index (χ0v) is 13.6. The molecule has 0 saturated heterocycles. The number of hydrogen-bond donors (Lipinski definition) is 2. The first-order chi connectivity index (χ1) is 11.0. The smallest absolute Gasteiger partial charge is 0.228 e. The quantitative estimate of drug-likeness (QED) is 0.879. The number of nitrogens with one attached hydrogen (secondary N) is 2. The van der Waals surface area contributed by atoms with E-state index in [1.54, 1.807) is 18.3 Å². The highest BCUT2D eigenvalue weighted by molar-refractivity contribution is 5.94. The number of nitrogens with zero attached hydrogens (tertiary/aromatic N) is 1. The van der Waals surface area contributed by atoms with E-state index in [1.165, 1.54) is 0 Å². The number of rotatable bonds is 5. The van der Waals surface area contributed by atoms with Crippen LogP contribution in [0, 0.1) is 11.3 Å². The van der Waals surface area contributed by atoms with Gasteiger partial charge in [-0.25, -0.2) is 4.98 Å². The van der Waals surface area contributed by atoms with Crippen LogP contribution in [-0.4, -0.2) is 17.9 Å². The fourth-order valence-electron chi connectivity index (χ4n) is 2.47. The SMILES string of the molecule is CNc1ccc(Oc2ccc(NC(=O)C3CC3(C)C)cn2)cc1. The molecular formula is C18H21N3O2. The van der Waals surface area contributed by atoms with Gasteiger partial charge in [-0.3, -0.25) is 4.79 Å². The van der Waals surface area contributed by atoms with Crippen molar-refractivity contribution in [3.63, 3.8) is 0 Å². The molecule has 5 nitrogen and oxygen atoms in total. The van der Waals surface area contributed by atoms with Crippen molar-refractivity contribution in [3.05, 3.63) is 42.6 Å². The maximum absolute atomic E-state index is 12.1. The van der Waals surface area contributed by atoms with Crippen molar-refractivity contribution in [1.82, 2.24) is 4.98 Å². The summed E-state index contributed by atoms with van der Waals surface area (Å²) in [5, 5.41) is 5.95. The lowest BCUT2D eigenvalue weighted by Crippen LogP contribution is -2.16. The maximum atomic E-state index is 12.1. The Balaban J connectivity index is 1.59. The van der Waals surface area contributed by atoms with Crippen LogP contribution >= 0.6 is 0 Å². The largest absolute Gasteiger partial charge is 0.439 e. The highest BCUT2D eigenvalue weighted by Crippen LogP contribution is 2.51. The van der Waals surface area contributed by atoms with Crippen molar-refractivity contribution < 1.29 is 9.53 Å². The van der Waals surface area contributed by atoms with Gasteiger partial charge in [0.2, 0.25) is 11.8 Å². The summed E-state index contributed by atoms with van der Waals surface area (Å²) in [6.45, 7) is 4.21. The molecule has 2 N–H and O–H groups in total. The first kappa shape index (κ1) is 15.3. The number of benzene rings is 1. The molecule has 1 aromatic heterocycles. The maximum Gasteiger partial charge on any atom is 0.228 e. The summed E-state index contributed by atoms with van der Waals surface area (Å²) in [6, 6.07) is 11.2. The Morgan fingerprint density at radius 2 is 1.83 bits per heavy atom. The number of ether oxygens (including phenoxy) is 1. The predicted octanol–water partition coefficient (Wildman–Crippen LogP) is 3.90. The molecular weight excluding hydrogens is 290 g/mol. The summed E-state index contributed by atoms with van der Waals surface area (Å²) in [4.78, 5) is 16.3. The van der Waals surface area contributed by atoms with Gasteiger partial charge in [0.1, 0.15) is 5.75 Å². The fourth-order valence-corrected chi connectivity index (χ4v) is 2.47. The Bertz CT molecular complexity index is 693. The average Bonchev–Trinajstić information content (AvgIpc) is 3.19. The van der Waals surface area contributed by atoms with Gasteiger partial charge < -0.3 is 15.4 Å². The first-order valence-electron chi connectivity index (χ1n) is 7.70. The first-order valence-corrected chi connectivity index (χ1v) is 7.70. The van der Waals surface area contributed by atoms with E-state index in [1.807, 2.05) is 31.3 Å². The lowest BCUT2D eigenvalue weighted by Gasteiger charge is -2.08. The topological polar surface area (TPSA) is 63.2 Å². The van der Waals surface area contributed by atoms with Crippen molar-refractivity contribution in [2.45, 2.75) is 20.3 Å². The van der Waals surface area contributed by atoms with Crippen LogP contribution in [0.5, 0.6) is 11.6 Å². The normalized spacial score (nSPS) is 18.1. The van der Waals surface area contributed by atoms with E-state index in [0.717, 1.165) is 12.1 Å². The van der Waals surface area contributed by atoms with E-state index >= 15 is 0 Å². The Morgan fingerprint density at radius 1 is 1.17 bits per heavy atom. The molecule has 5 heteroatoms. The van der Waals surface area contributed by atoms with Gasteiger partial charge in [-0.1, -0.05) is 13.8 Å². The van der Waals surface area contributed by atoms with E-state index in [-0.39, 0.29) is 17.2 Å². The predicted molar refractivity (Wildman–Crippen MR) is 90.8 cm³/mol. The molecule has 3 rings (SSSR count). The number of carbonyl (C=O) groups is 1. The number of amides is 1. The van der Waals surface area contributed by atoms with E-state index in [9.17, 15) is 4.79 Å². The monoisotopic (exact) mass is 311 g/mol. The minimum atomic E-state index is 0.0631. The van der Waals surface area contributed by atoms with Crippen LogP contribution in [0.15, 0.2) is 42.6 Å². The van der Waals surface area contributed by atoms with Crippen LogP contribution < -0.4 is 15.4 Å². The Morgan fingerprint density at radius 3 is 2.35 bits per heavy atom. The molecule has 23 heavy (non-hydrogen) atoms. The van der Waals surface area contributed by atoms with Gasteiger partial charge in [0.25, 0.3) is 0 Å². The Labute approximate surface area is 136 Å². The van der Waals surface area contributed by atoms with Crippen LogP contribution in [0.1, 0.15) is 20.3 Å². The third kappa shape index (κ3) is 3.62. The molecule has 0 aliphatic heterocycles. The second-order valence-electron chi connectivity index (χ2n) is 6.50. The average molecular weight is 311 g/mol. The van der Waals surface area contributed by atoms with Crippen LogP contribution in [0.2, 0.25) is 0 Å². The minimum absolute atomic E-state index is 0.0631. The summed E-state index contributed by atoms with van der Waals surface area (Å²) in [5.74, 6) is 1.37. The summed E-state index contributed by atoms with van der Waals surface area (Å²) >= 11 is 0. The van der Waals surface area contributed by atoms with Gasteiger partial charge in [-0.15, -0.1) is 0 Å². The molecule has 1 fully saturated rings. The molecule has 0 spiro atoms. The highest BCUT2D eigenvalue weighted by atomic mass is 16.5. The molecule has 0 bridgehead atoms. The minimum Gasteiger partial charge on any atom is -0.439 e. The Kier molecular flexibility index (Phi) is 3.94. The summed E-state index contributed by atoms with van der Waals surface area (Å²) in [6.07, 6.45) is 2.56. The number of aromatic nitrogens is 1. The summed E-state index contributed by atoms with van der Waals surface area (Å²) < 4.78 is 5.68. The van der Waals surface area contributed by atoms with E-state index in [4.69, 9.17) is 4.74 Å². The number of carbonyl (C=O) groups excluding carboxylic acids is 1. The molecule has 0 radical (unpaired) electrons. The van der Waals surface area contributed by atoms with Gasteiger partial charge in [0.05, 0.1) is 11.9 Å². The zero-order chi connectivity index (χ0) is 16.4. The zero-order valence-electron chi connectivity index (χ0n) is 13.6. The van der Waals surface area contributed by atoms with Crippen molar-refractivity contribution in [1.29, 1.82) is 0 Å². The molecule has 1 atom stereocenters. The molecule has 1 aliphatic carbocycles. The Hall–Kier alpha value is -2.56. The molecule has 1 saturated carbocycles. The molecule has 120 valence electrons. The number of hydrogen-bond acceptors (Lipinski definition) is 4. The van der Waals surface area contributed by atoms with Crippen molar-refractivity contribution >= 4 is 17.3 Å². The third-order valence-electron chi connectivity index (χ3n) is 4.20. The third-order valence-corrected chi connectivity index (χ3v) is 4.20. The van der Waals surface area contributed by atoms with E-state index in [0.29, 0.717) is 17.3 Å². The van der Waals surface area contributed by atoms with Gasteiger partial charge in [-0.05, 0) is 42.2 Å². The van der Waals surface area contributed by atoms with Crippen LogP contribution in [-0.2, 0) is 4.79 Å². The van der Waals surface area contributed by atoms with Crippen molar-refractivity contribution in [2.75, 3.05) is 17.7 Å². The van der Waals surface area contributed by atoms with Gasteiger partial charge in [0, 0.05) is 24.7 Å². The van der Waals surface area contributed by atoms with E-state index < -0.39 is 0 Å². The van der Waals surface area contributed by atoms with Gasteiger partial charge in [-0.2, -0.15) is 0 Å². The highest BCUT2D eigenvalue weighted by Gasteiger charge is 2.50. The molecule has 1 aromatic carbocycles. The second kappa shape index (κ2) is 5.91. The number of anilines is 2. The second-order valence-corrected chi connectivity index (χ2v) is 6.50. The molecule has 1 unspecified atom stereocenters. The van der Waals surface area contributed by atoms with Gasteiger partial charge >= 0.3 is 0 Å². The van der Waals surface area contributed by atoms with Crippen molar-refractivity contribution in [2.24, 2.45) is 11.3 Å². The molecule has 1 aliphatic rings. The lowest BCUT2D eigenvalue weighted by molar-refractivity contribution is -0.118.